The Labute approximate surface area is 385 Å². The van der Waals surface area contributed by atoms with Gasteiger partial charge in [-0.15, -0.1) is 0 Å². The van der Waals surface area contributed by atoms with Crippen molar-refractivity contribution in [2.24, 2.45) is 0 Å². The van der Waals surface area contributed by atoms with Crippen LogP contribution in [0.25, 0.3) is 0 Å². The van der Waals surface area contributed by atoms with Crippen LogP contribution in [-0.2, 0) is 14.3 Å². The average molecular weight is 872 g/mol. The highest BCUT2D eigenvalue weighted by Crippen LogP contribution is 2.16. The van der Waals surface area contributed by atoms with Gasteiger partial charge in [0.05, 0.1) is 25.4 Å². The Hall–Kier alpha value is -1.92. The molecule has 0 saturated carbocycles. The van der Waals surface area contributed by atoms with E-state index in [0.29, 0.717) is 25.9 Å². The molecular formula is C56H105NO5. The standard InChI is InChI=1S/C56H105NO5/c1-3-5-7-9-11-13-15-17-26-30-34-38-42-46-50-56(61)62-51-47-43-39-35-31-27-23-21-19-18-20-22-25-29-33-37-41-45-49-55(60)57-53(52-58)54(59)48-44-40-36-32-28-24-16-14-12-10-8-6-4-2/h9,11,15,17,20,22,53-54,58-59H,3-8,10,12-14,16,18-19,21,23-52H2,1-2H3,(H,57,60)/b11-9-,17-15-,22-20-. The molecule has 3 N–H and O–H groups in total. The SMILES string of the molecule is CCCC/C=C\C/C=C\CCCCCCCC(=O)OCCCCCCCCCCC/C=C\CCCCCCCC(=O)NC(CO)C(O)CCCCCCCCCCCCCCC. The van der Waals surface area contributed by atoms with E-state index in [-0.39, 0.29) is 18.5 Å². The van der Waals surface area contributed by atoms with E-state index >= 15 is 0 Å². The molecule has 0 saturated heterocycles. The summed E-state index contributed by atoms with van der Waals surface area (Å²) in [6.45, 7) is 4.89. The quantitative estimate of drug-likeness (QED) is 0.0321. The fourth-order valence-corrected chi connectivity index (χ4v) is 8.18. The Morgan fingerprint density at radius 1 is 0.452 bits per heavy atom. The van der Waals surface area contributed by atoms with E-state index in [1.54, 1.807) is 0 Å². The van der Waals surface area contributed by atoms with Crippen molar-refractivity contribution in [3.63, 3.8) is 0 Å². The number of nitrogens with one attached hydrogen (secondary N) is 1. The van der Waals surface area contributed by atoms with E-state index in [9.17, 15) is 19.8 Å². The monoisotopic (exact) mass is 872 g/mol. The van der Waals surface area contributed by atoms with Crippen molar-refractivity contribution in [1.29, 1.82) is 0 Å². The van der Waals surface area contributed by atoms with Gasteiger partial charge in [-0.2, -0.15) is 0 Å². The first kappa shape index (κ1) is 60.1. The van der Waals surface area contributed by atoms with Gasteiger partial charge in [0, 0.05) is 12.8 Å². The third-order valence-electron chi connectivity index (χ3n) is 12.4. The second kappa shape index (κ2) is 51.7. The van der Waals surface area contributed by atoms with E-state index in [0.717, 1.165) is 70.6 Å². The van der Waals surface area contributed by atoms with Crippen LogP contribution in [0.2, 0.25) is 0 Å². The molecule has 0 rings (SSSR count). The van der Waals surface area contributed by atoms with Gasteiger partial charge in [0.25, 0.3) is 0 Å². The third kappa shape index (κ3) is 47.6. The van der Waals surface area contributed by atoms with Crippen molar-refractivity contribution in [3.8, 4) is 0 Å². The van der Waals surface area contributed by atoms with Gasteiger partial charge in [-0.25, -0.2) is 0 Å². The summed E-state index contributed by atoms with van der Waals surface area (Å²) in [5, 5.41) is 23.2. The van der Waals surface area contributed by atoms with E-state index in [2.05, 4.69) is 55.6 Å². The molecule has 2 atom stereocenters. The summed E-state index contributed by atoms with van der Waals surface area (Å²) >= 11 is 0. The van der Waals surface area contributed by atoms with Crippen LogP contribution in [0.3, 0.4) is 0 Å². The maximum Gasteiger partial charge on any atom is 0.305 e. The number of carbonyl (C=O) groups excluding carboxylic acids is 2. The van der Waals surface area contributed by atoms with E-state index in [4.69, 9.17) is 4.74 Å². The highest BCUT2D eigenvalue weighted by molar-refractivity contribution is 5.76. The van der Waals surface area contributed by atoms with Crippen molar-refractivity contribution in [2.45, 2.75) is 296 Å². The van der Waals surface area contributed by atoms with Gasteiger partial charge in [-0.05, 0) is 77.0 Å². The van der Waals surface area contributed by atoms with Gasteiger partial charge in [-0.3, -0.25) is 9.59 Å². The molecule has 0 aliphatic carbocycles. The summed E-state index contributed by atoms with van der Waals surface area (Å²) in [6, 6.07) is -0.551. The van der Waals surface area contributed by atoms with Crippen molar-refractivity contribution >= 4 is 11.9 Å². The maximum absolute atomic E-state index is 12.4. The van der Waals surface area contributed by atoms with Crippen molar-refractivity contribution in [1.82, 2.24) is 5.32 Å². The number of amides is 1. The van der Waals surface area contributed by atoms with Crippen molar-refractivity contribution in [3.05, 3.63) is 36.5 Å². The van der Waals surface area contributed by atoms with Gasteiger partial charge in [0.15, 0.2) is 0 Å². The summed E-state index contributed by atoms with van der Waals surface area (Å²) in [7, 11) is 0. The molecule has 62 heavy (non-hydrogen) atoms. The predicted molar refractivity (Wildman–Crippen MR) is 269 cm³/mol. The highest BCUT2D eigenvalue weighted by atomic mass is 16.5. The number of carbonyl (C=O) groups is 2. The number of esters is 1. The Bertz CT molecular complexity index is 1010. The number of hydrogen-bond donors (Lipinski definition) is 3. The van der Waals surface area contributed by atoms with Crippen LogP contribution >= 0.6 is 0 Å². The largest absolute Gasteiger partial charge is 0.466 e. The van der Waals surface area contributed by atoms with Gasteiger partial charge < -0.3 is 20.3 Å². The van der Waals surface area contributed by atoms with Crippen molar-refractivity contribution in [2.75, 3.05) is 13.2 Å². The molecule has 0 bridgehead atoms. The first-order valence-corrected chi connectivity index (χ1v) is 27.2. The minimum atomic E-state index is -0.672. The molecule has 0 aromatic rings. The molecule has 364 valence electrons. The molecule has 6 heteroatoms. The summed E-state index contributed by atoms with van der Waals surface area (Å²) < 4.78 is 5.46. The fourth-order valence-electron chi connectivity index (χ4n) is 8.18. The lowest BCUT2D eigenvalue weighted by molar-refractivity contribution is -0.143. The molecule has 0 aliphatic heterocycles. The molecule has 0 heterocycles. The first-order valence-electron chi connectivity index (χ1n) is 27.2. The molecular weight excluding hydrogens is 767 g/mol. The minimum absolute atomic E-state index is 0.0121. The van der Waals surface area contributed by atoms with Gasteiger partial charge in [-0.1, -0.05) is 230 Å². The summed E-state index contributed by atoms with van der Waals surface area (Å²) in [6.07, 6.45) is 62.6. The second-order valence-corrected chi connectivity index (χ2v) is 18.6. The average Bonchev–Trinajstić information content (AvgIpc) is 3.27. The Kier molecular flexibility index (Phi) is 50.1. The molecule has 0 fully saturated rings. The number of aliphatic hydroxyl groups excluding tert-OH is 2. The lowest BCUT2D eigenvalue weighted by Crippen LogP contribution is -2.45. The summed E-state index contributed by atoms with van der Waals surface area (Å²) in [5.41, 5.74) is 0. The molecule has 6 nitrogen and oxygen atoms in total. The zero-order chi connectivity index (χ0) is 45.1. The van der Waals surface area contributed by atoms with Crippen LogP contribution in [0, 0.1) is 0 Å². The first-order chi connectivity index (χ1) is 30.5. The van der Waals surface area contributed by atoms with E-state index < -0.39 is 12.1 Å². The molecule has 0 aromatic carbocycles. The number of aliphatic hydroxyl groups is 2. The number of unbranched alkanes of at least 4 members (excludes halogenated alkanes) is 33. The molecule has 0 spiro atoms. The van der Waals surface area contributed by atoms with Gasteiger partial charge >= 0.3 is 5.97 Å². The summed E-state index contributed by atoms with van der Waals surface area (Å²) in [5.74, 6) is -0.0623. The third-order valence-corrected chi connectivity index (χ3v) is 12.4. The van der Waals surface area contributed by atoms with Crippen LogP contribution in [0.15, 0.2) is 36.5 Å². The van der Waals surface area contributed by atoms with Crippen molar-refractivity contribution < 1.29 is 24.5 Å². The van der Waals surface area contributed by atoms with Crippen LogP contribution < -0.4 is 5.32 Å². The minimum Gasteiger partial charge on any atom is -0.466 e. The molecule has 1 amide bonds. The second-order valence-electron chi connectivity index (χ2n) is 18.6. The van der Waals surface area contributed by atoms with Crippen LogP contribution in [-0.4, -0.2) is 47.4 Å². The molecule has 2 unspecified atom stereocenters. The zero-order valence-corrected chi connectivity index (χ0v) is 41.4. The fraction of sp³-hybridized carbons (Fsp3) is 0.857. The van der Waals surface area contributed by atoms with Crippen LogP contribution in [0.5, 0.6) is 0 Å². The van der Waals surface area contributed by atoms with Crippen LogP contribution in [0.4, 0.5) is 0 Å². The number of ether oxygens (including phenoxy) is 1. The lowest BCUT2D eigenvalue weighted by atomic mass is 10.0. The highest BCUT2D eigenvalue weighted by Gasteiger charge is 2.20. The lowest BCUT2D eigenvalue weighted by Gasteiger charge is -2.22. The zero-order valence-electron chi connectivity index (χ0n) is 41.4. The van der Waals surface area contributed by atoms with E-state index in [1.807, 2.05) is 0 Å². The number of hydrogen-bond acceptors (Lipinski definition) is 5. The Balaban J connectivity index is 3.46. The molecule has 0 radical (unpaired) electrons. The maximum atomic E-state index is 12.4. The molecule has 0 aliphatic rings. The Morgan fingerprint density at radius 2 is 0.823 bits per heavy atom. The summed E-state index contributed by atoms with van der Waals surface area (Å²) in [4.78, 5) is 24.5. The topological polar surface area (TPSA) is 95.9 Å². The smallest absolute Gasteiger partial charge is 0.305 e. The van der Waals surface area contributed by atoms with Crippen LogP contribution in [0.1, 0.15) is 284 Å². The molecule has 0 aromatic heterocycles. The number of allylic oxidation sites excluding steroid dienone is 6. The number of rotatable bonds is 50. The normalized spacial score (nSPS) is 12.9. The van der Waals surface area contributed by atoms with Gasteiger partial charge in [0.1, 0.15) is 0 Å². The van der Waals surface area contributed by atoms with Gasteiger partial charge in [0.2, 0.25) is 5.91 Å². The Morgan fingerprint density at radius 3 is 1.29 bits per heavy atom. The van der Waals surface area contributed by atoms with E-state index in [1.165, 1.54) is 180 Å². The predicted octanol–water partition coefficient (Wildman–Crippen LogP) is 16.5.